The molecule has 1 fully saturated rings. The Morgan fingerprint density at radius 3 is 1.42 bits per heavy atom. The number of carbonyl (C=O) groups is 3. The summed E-state index contributed by atoms with van der Waals surface area (Å²) < 4.78 is 16.1. The largest absolute Gasteiger partial charge is 0.457 e. The molecule has 0 aromatic rings. The van der Waals surface area contributed by atoms with Crippen LogP contribution < -0.4 is 5.32 Å². The van der Waals surface area contributed by atoms with Crippen molar-refractivity contribution in [3.63, 3.8) is 0 Å². The first kappa shape index (κ1) is 19.9. The van der Waals surface area contributed by atoms with E-state index in [1.54, 1.807) is 12.2 Å². The average molecular weight is 339 g/mol. The summed E-state index contributed by atoms with van der Waals surface area (Å²) in [7, 11) is 0. The lowest BCUT2D eigenvalue weighted by Crippen LogP contribution is -2.67. The molecule has 1 heterocycles. The maximum absolute atomic E-state index is 11.5. The molecular weight excluding hydrogens is 314 g/mol. The fourth-order valence-corrected chi connectivity index (χ4v) is 2.88. The molecule has 0 spiro atoms. The zero-order valence-electron chi connectivity index (χ0n) is 14.3. The first-order valence-electron chi connectivity index (χ1n) is 7.79. The second kappa shape index (κ2) is 9.22. The van der Waals surface area contributed by atoms with Crippen molar-refractivity contribution in [3.05, 3.63) is 25.3 Å². The minimum absolute atomic E-state index is 0.326. The number of ether oxygens (including phenoxy) is 3. The molecule has 5 atom stereocenters. The lowest BCUT2D eigenvalue weighted by atomic mass is 9.86. The molecule has 0 amide bonds. The molecule has 7 nitrogen and oxygen atoms in total. The first-order chi connectivity index (χ1) is 11.3. The van der Waals surface area contributed by atoms with Crippen LogP contribution in [0.3, 0.4) is 0 Å². The van der Waals surface area contributed by atoms with Crippen LogP contribution in [0.2, 0.25) is 0 Å². The molecule has 0 saturated carbocycles. The monoisotopic (exact) mass is 339 g/mol. The van der Waals surface area contributed by atoms with Gasteiger partial charge in [-0.05, 0) is 12.8 Å². The quantitative estimate of drug-likeness (QED) is 0.424. The van der Waals surface area contributed by atoms with Gasteiger partial charge in [0, 0.05) is 20.8 Å². The maximum atomic E-state index is 11.5. The van der Waals surface area contributed by atoms with Gasteiger partial charge in [-0.1, -0.05) is 12.2 Å². The SMILES string of the molecule is C=CC[C@@H]1N[C@H](CC=C)[C@H](OC(C)=O)C(OC(C)=O)[C@@H]1OC(C)=O. The Kier molecular flexibility index (Phi) is 7.64. The molecule has 1 aliphatic heterocycles. The number of rotatable bonds is 7. The summed E-state index contributed by atoms with van der Waals surface area (Å²) in [6.07, 6.45) is 1.81. The number of carbonyl (C=O) groups excluding carboxylic acids is 3. The Labute approximate surface area is 142 Å². The van der Waals surface area contributed by atoms with Crippen molar-refractivity contribution < 1.29 is 28.6 Å². The smallest absolute Gasteiger partial charge is 0.303 e. The molecule has 0 aromatic carbocycles. The van der Waals surface area contributed by atoms with Gasteiger partial charge in [0.05, 0.1) is 12.1 Å². The van der Waals surface area contributed by atoms with E-state index >= 15 is 0 Å². The van der Waals surface area contributed by atoms with Gasteiger partial charge in [0.1, 0.15) is 0 Å². The zero-order chi connectivity index (χ0) is 18.3. The maximum Gasteiger partial charge on any atom is 0.303 e. The summed E-state index contributed by atoms with van der Waals surface area (Å²) in [5.74, 6) is -1.58. The number of esters is 3. The molecule has 134 valence electrons. The molecule has 1 unspecified atom stereocenters. The first-order valence-corrected chi connectivity index (χ1v) is 7.79. The molecule has 0 aliphatic carbocycles. The van der Waals surface area contributed by atoms with Gasteiger partial charge in [-0.15, -0.1) is 13.2 Å². The minimum Gasteiger partial charge on any atom is -0.457 e. The molecule has 0 bridgehead atoms. The summed E-state index contributed by atoms with van der Waals surface area (Å²) in [5, 5.41) is 3.28. The van der Waals surface area contributed by atoms with Crippen molar-refractivity contribution in [2.75, 3.05) is 0 Å². The summed E-state index contributed by atoms with van der Waals surface area (Å²) in [5.41, 5.74) is 0. The third-order valence-corrected chi connectivity index (χ3v) is 3.62. The predicted molar refractivity (Wildman–Crippen MR) is 87.0 cm³/mol. The molecule has 1 aliphatic rings. The number of hydrogen-bond acceptors (Lipinski definition) is 7. The van der Waals surface area contributed by atoms with Crippen LogP contribution in [0, 0.1) is 0 Å². The van der Waals surface area contributed by atoms with E-state index in [1.165, 1.54) is 20.8 Å². The summed E-state index contributed by atoms with van der Waals surface area (Å²) in [4.78, 5) is 34.5. The molecule has 1 N–H and O–H groups in total. The minimum atomic E-state index is -0.911. The van der Waals surface area contributed by atoms with Crippen molar-refractivity contribution in [2.24, 2.45) is 0 Å². The highest BCUT2D eigenvalue weighted by Gasteiger charge is 2.49. The van der Waals surface area contributed by atoms with E-state index in [4.69, 9.17) is 14.2 Å². The molecule has 7 heteroatoms. The molecular formula is C17H25NO6. The molecule has 24 heavy (non-hydrogen) atoms. The van der Waals surface area contributed by atoms with Crippen molar-refractivity contribution in [1.29, 1.82) is 0 Å². The number of hydrogen-bond donors (Lipinski definition) is 1. The fourth-order valence-electron chi connectivity index (χ4n) is 2.88. The molecule has 0 aromatic heterocycles. The van der Waals surface area contributed by atoms with E-state index in [1.807, 2.05) is 0 Å². The Morgan fingerprint density at radius 1 is 0.792 bits per heavy atom. The molecule has 1 saturated heterocycles. The van der Waals surface area contributed by atoms with Gasteiger partial charge < -0.3 is 19.5 Å². The van der Waals surface area contributed by atoms with Gasteiger partial charge in [-0.25, -0.2) is 0 Å². The van der Waals surface area contributed by atoms with Gasteiger partial charge in [-0.3, -0.25) is 14.4 Å². The normalized spacial score (nSPS) is 29.2. The highest BCUT2D eigenvalue weighted by atomic mass is 16.6. The third-order valence-electron chi connectivity index (χ3n) is 3.62. The van der Waals surface area contributed by atoms with Crippen LogP contribution in [0.4, 0.5) is 0 Å². The number of piperidine rings is 1. The Bertz CT molecular complexity index is 467. The predicted octanol–water partition coefficient (Wildman–Crippen LogP) is 1.27. The standard InChI is InChI=1S/C17H25NO6/c1-6-8-13-15(22-10(3)19)17(24-12(5)21)16(23-11(4)20)14(18-13)9-7-2/h6-7,13-18H,1-2,8-9H2,3-5H3/t13-,14+,15+,16-,17?. The van der Waals surface area contributed by atoms with Gasteiger partial charge in [0.25, 0.3) is 0 Å². The molecule has 1 rings (SSSR count). The van der Waals surface area contributed by atoms with E-state index in [2.05, 4.69) is 18.5 Å². The van der Waals surface area contributed by atoms with Crippen molar-refractivity contribution in [1.82, 2.24) is 5.32 Å². The van der Waals surface area contributed by atoms with Crippen LogP contribution in [-0.2, 0) is 28.6 Å². The lowest BCUT2D eigenvalue weighted by molar-refractivity contribution is -0.196. The van der Waals surface area contributed by atoms with E-state index in [0.717, 1.165) is 0 Å². The van der Waals surface area contributed by atoms with Crippen molar-refractivity contribution >= 4 is 17.9 Å². The van der Waals surface area contributed by atoms with E-state index in [9.17, 15) is 14.4 Å². The summed E-state index contributed by atoms with van der Waals surface area (Å²) >= 11 is 0. The average Bonchev–Trinajstić information content (AvgIpc) is 2.45. The van der Waals surface area contributed by atoms with Crippen LogP contribution in [0.1, 0.15) is 33.6 Å². The highest BCUT2D eigenvalue weighted by molar-refractivity contribution is 5.68. The number of nitrogens with one attached hydrogen (secondary N) is 1. The highest BCUT2D eigenvalue weighted by Crippen LogP contribution is 2.27. The van der Waals surface area contributed by atoms with E-state index in [-0.39, 0.29) is 12.1 Å². The topological polar surface area (TPSA) is 90.9 Å². The van der Waals surface area contributed by atoms with Crippen LogP contribution in [-0.4, -0.2) is 48.3 Å². The third kappa shape index (κ3) is 5.49. The van der Waals surface area contributed by atoms with Crippen LogP contribution in [0.25, 0.3) is 0 Å². The molecule has 0 radical (unpaired) electrons. The van der Waals surface area contributed by atoms with Gasteiger partial charge >= 0.3 is 17.9 Å². The lowest BCUT2D eigenvalue weighted by Gasteiger charge is -2.45. The second-order valence-electron chi connectivity index (χ2n) is 5.65. The fraction of sp³-hybridized carbons (Fsp3) is 0.588. The Hall–Kier alpha value is -2.15. The van der Waals surface area contributed by atoms with Gasteiger partial charge in [-0.2, -0.15) is 0 Å². The Balaban J connectivity index is 3.24. The second-order valence-corrected chi connectivity index (χ2v) is 5.65. The van der Waals surface area contributed by atoms with Crippen molar-refractivity contribution in [2.45, 2.75) is 64.0 Å². The van der Waals surface area contributed by atoms with E-state index in [0.29, 0.717) is 12.8 Å². The van der Waals surface area contributed by atoms with Crippen molar-refractivity contribution in [3.8, 4) is 0 Å². The zero-order valence-corrected chi connectivity index (χ0v) is 14.3. The van der Waals surface area contributed by atoms with E-state index < -0.39 is 36.2 Å². The summed E-state index contributed by atoms with van der Waals surface area (Å²) in [6, 6.07) is -0.653. The van der Waals surface area contributed by atoms with Gasteiger partial charge in [0.15, 0.2) is 18.3 Å². The van der Waals surface area contributed by atoms with Crippen LogP contribution >= 0.6 is 0 Å². The van der Waals surface area contributed by atoms with Gasteiger partial charge in [0.2, 0.25) is 0 Å². The van der Waals surface area contributed by atoms with Crippen LogP contribution in [0.15, 0.2) is 25.3 Å². The summed E-state index contributed by atoms with van der Waals surface area (Å²) in [6.45, 7) is 11.2. The van der Waals surface area contributed by atoms with Crippen LogP contribution in [0.5, 0.6) is 0 Å². The Morgan fingerprint density at radius 2 is 1.12 bits per heavy atom.